The summed E-state index contributed by atoms with van der Waals surface area (Å²) >= 11 is 1.64. The summed E-state index contributed by atoms with van der Waals surface area (Å²) in [5.41, 5.74) is 0. The zero-order chi connectivity index (χ0) is 13.2. The van der Waals surface area contributed by atoms with E-state index in [-0.39, 0.29) is 18.2 Å². The van der Waals surface area contributed by atoms with Crippen LogP contribution in [0.25, 0.3) is 0 Å². The van der Waals surface area contributed by atoms with Crippen LogP contribution in [0.15, 0.2) is 0 Å². The molecule has 2 fully saturated rings. The highest BCUT2D eigenvalue weighted by molar-refractivity contribution is 8.00. The van der Waals surface area contributed by atoms with Gasteiger partial charge < -0.3 is 4.74 Å². The molecule has 0 aliphatic carbocycles. The van der Waals surface area contributed by atoms with Crippen molar-refractivity contribution in [2.45, 2.75) is 11.8 Å². The molecule has 0 aromatic heterocycles. The topological polar surface area (TPSA) is 63.7 Å². The Bertz CT molecular complexity index is 403. The molecule has 2 aliphatic rings. The van der Waals surface area contributed by atoms with E-state index in [0.29, 0.717) is 25.5 Å². The molecule has 0 spiro atoms. The van der Waals surface area contributed by atoms with Crippen molar-refractivity contribution >= 4 is 27.4 Å². The minimum atomic E-state index is -3.12. The fourth-order valence-electron chi connectivity index (χ4n) is 2.31. The number of hydrogen-bond acceptors (Lipinski definition) is 6. The van der Waals surface area contributed by atoms with Crippen molar-refractivity contribution in [1.29, 1.82) is 0 Å². The number of ether oxygens (including phenoxy) is 1. The zero-order valence-corrected chi connectivity index (χ0v) is 12.1. The maximum atomic E-state index is 12.1. The Kier molecular flexibility index (Phi) is 4.69. The van der Waals surface area contributed by atoms with Crippen molar-refractivity contribution < 1.29 is 17.9 Å². The summed E-state index contributed by atoms with van der Waals surface area (Å²) in [6.07, 6.45) is 2.02. The number of carbonyl (C=O) groups excluding carboxylic acids is 1. The monoisotopic (exact) mass is 293 g/mol. The highest BCUT2D eigenvalue weighted by Gasteiger charge is 2.34. The maximum absolute atomic E-state index is 12.1. The van der Waals surface area contributed by atoms with Gasteiger partial charge in [0.2, 0.25) is 0 Å². The number of rotatable bonds is 4. The molecule has 0 N–H and O–H groups in total. The smallest absolute Gasteiger partial charge is 0.164 e. The second-order valence-corrected chi connectivity index (χ2v) is 8.21. The fourth-order valence-corrected chi connectivity index (χ4v) is 5.25. The van der Waals surface area contributed by atoms with E-state index in [9.17, 15) is 13.2 Å². The van der Waals surface area contributed by atoms with Crippen LogP contribution in [0.3, 0.4) is 0 Å². The minimum Gasteiger partial charge on any atom is -0.381 e. The van der Waals surface area contributed by atoms with Crippen LogP contribution in [-0.4, -0.2) is 68.5 Å². The largest absolute Gasteiger partial charge is 0.381 e. The lowest BCUT2D eigenvalue weighted by atomic mass is 10.0. The van der Waals surface area contributed by atoms with E-state index in [2.05, 4.69) is 0 Å². The number of Topliss-reactive ketones (excluding diaryl/α,β-unsaturated/α-hetero) is 1. The Morgan fingerprint density at radius 2 is 2.28 bits per heavy atom. The summed E-state index contributed by atoms with van der Waals surface area (Å²) in [6.45, 7) is 2.04. The van der Waals surface area contributed by atoms with E-state index in [1.165, 1.54) is 6.26 Å². The lowest BCUT2D eigenvalue weighted by Gasteiger charge is -2.33. The molecule has 2 atom stereocenters. The number of hydrogen-bond donors (Lipinski definition) is 0. The summed E-state index contributed by atoms with van der Waals surface area (Å²) in [6, 6.07) is 0. The molecular weight excluding hydrogens is 274 g/mol. The molecule has 2 unspecified atom stereocenters. The predicted molar refractivity (Wildman–Crippen MR) is 71.5 cm³/mol. The van der Waals surface area contributed by atoms with Crippen LogP contribution in [0.4, 0.5) is 0 Å². The SMILES string of the molecule is CS(=O)(=O)C1CSCCN1CC(=O)C1CCOC1. The fraction of sp³-hybridized carbons (Fsp3) is 0.909. The third-order valence-electron chi connectivity index (χ3n) is 3.43. The van der Waals surface area contributed by atoms with Crippen LogP contribution < -0.4 is 0 Å². The Hall–Kier alpha value is -0.110. The van der Waals surface area contributed by atoms with Gasteiger partial charge in [-0.15, -0.1) is 0 Å². The van der Waals surface area contributed by atoms with Gasteiger partial charge in [-0.05, 0) is 6.42 Å². The molecule has 2 aliphatic heterocycles. The van der Waals surface area contributed by atoms with Gasteiger partial charge in [0.15, 0.2) is 15.6 Å². The maximum Gasteiger partial charge on any atom is 0.164 e. The highest BCUT2D eigenvalue weighted by Crippen LogP contribution is 2.22. The van der Waals surface area contributed by atoms with Crippen molar-refractivity contribution in [2.75, 3.05) is 44.1 Å². The number of sulfone groups is 1. The molecule has 2 heterocycles. The van der Waals surface area contributed by atoms with Gasteiger partial charge in [-0.25, -0.2) is 8.42 Å². The van der Waals surface area contributed by atoms with Crippen LogP contribution in [0, 0.1) is 5.92 Å². The van der Waals surface area contributed by atoms with Crippen LogP contribution in [-0.2, 0) is 19.4 Å². The Morgan fingerprint density at radius 3 is 2.89 bits per heavy atom. The standard InChI is InChI=1S/C11H19NO4S2/c1-18(14,15)11-8-17-5-3-12(11)6-10(13)9-2-4-16-7-9/h9,11H,2-8H2,1H3. The molecule has 0 saturated carbocycles. The molecule has 2 rings (SSSR count). The van der Waals surface area contributed by atoms with Gasteiger partial charge in [0.05, 0.1) is 13.2 Å². The van der Waals surface area contributed by atoms with Crippen LogP contribution in [0.2, 0.25) is 0 Å². The number of ketones is 1. The second kappa shape index (κ2) is 5.90. The quantitative estimate of drug-likeness (QED) is 0.728. The molecule has 7 heteroatoms. The van der Waals surface area contributed by atoms with Gasteiger partial charge in [-0.2, -0.15) is 11.8 Å². The first-order valence-electron chi connectivity index (χ1n) is 6.09. The van der Waals surface area contributed by atoms with Gasteiger partial charge in [-0.3, -0.25) is 9.69 Å². The molecule has 0 bridgehead atoms. The average Bonchev–Trinajstić information content (AvgIpc) is 2.81. The first kappa shape index (κ1) is 14.3. The van der Waals surface area contributed by atoms with E-state index in [1.54, 1.807) is 11.8 Å². The molecule has 104 valence electrons. The van der Waals surface area contributed by atoms with E-state index in [4.69, 9.17) is 4.74 Å². The van der Waals surface area contributed by atoms with E-state index in [1.807, 2.05) is 4.90 Å². The van der Waals surface area contributed by atoms with Gasteiger partial charge in [0, 0.05) is 36.8 Å². The first-order chi connectivity index (χ1) is 8.48. The third kappa shape index (κ3) is 3.46. The summed E-state index contributed by atoms with van der Waals surface area (Å²) in [7, 11) is -3.12. The summed E-state index contributed by atoms with van der Waals surface area (Å²) in [5, 5.41) is -0.512. The Labute approximate surface area is 112 Å². The van der Waals surface area contributed by atoms with Gasteiger partial charge >= 0.3 is 0 Å². The van der Waals surface area contributed by atoms with Gasteiger partial charge in [0.1, 0.15) is 5.37 Å². The summed E-state index contributed by atoms with van der Waals surface area (Å²) < 4.78 is 28.6. The van der Waals surface area contributed by atoms with Crippen molar-refractivity contribution in [3.05, 3.63) is 0 Å². The van der Waals surface area contributed by atoms with Gasteiger partial charge in [-0.1, -0.05) is 0 Å². The summed E-state index contributed by atoms with van der Waals surface area (Å²) in [5.74, 6) is 1.53. The molecule has 2 saturated heterocycles. The molecule has 0 aromatic carbocycles. The zero-order valence-electron chi connectivity index (χ0n) is 10.5. The van der Waals surface area contributed by atoms with Gasteiger partial charge in [0.25, 0.3) is 0 Å². The average molecular weight is 293 g/mol. The lowest BCUT2D eigenvalue weighted by Crippen LogP contribution is -2.49. The minimum absolute atomic E-state index is 0.0419. The normalized spacial score (nSPS) is 30.5. The van der Waals surface area contributed by atoms with Crippen molar-refractivity contribution in [3.8, 4) is 0 Å². The van der Waals surface area contributed by atoms with E-state index >= 15 is 0 Å². The first-order valence-corrected chi connectivity index (χ1v) is 9.20. The molecule has 18 heavy (non-hydrogen) atoms. The molecular formula is C11H19NO4S2. The molecule has 5 nitrogen and oxygen atoms in total. The van der Waals surface area contributed by atoms with E-state index in [0.717, 1.165) is 12.2 Å². The molecule has 0 radical (unpaired) electrons. The molecule has 0 amide bonds. The number of carbonyl (C=O) groups is 1. The molecule has 0 aromatic rings. The Balaban J connectivity index is 1.99. The Morgan fingerprint density at radius 1 is 1.50 bits per heavy atom. The summed E-state index contributed by atoms with van der Waals surface area (Å²) in [4.78, 5) is 13.9. The second-order valence-electron chi connectivity index (χ2n) is 4.86. The predicted octanol–water partition coefficient (Wildman–Crippen LogP) is 0.0115. The number of nitrogens with zero attached hydrogens (tertiary/aromatic N) is 1. The lowest BCUT2D eigenvalue weighted by molar-refractivity contribution is -0.124. The van der Waals surface area contributed by atoms with Crippen molar-refractivity contribution in [1.82, 2.24) is 4.90 Å². The third-order valence-corrected chi connectivity index (χ3v) is 6.12. The van der Waals surface area contributed by atoms with Crippen LogP contribution in [0.5, 0.6) is 0 Å². The highest BCUT2D eigenvalue weighted by atomic mass is 32.2. The van der Waals surface area contributed by atoms with E-state index < -0.39 is 15.2 Å². The van der Waals surface area contributed by atoms with Crippen LogP contribution in [0.1, 0.15) is 6.42 Å². The van der Waals surface area contributed by atoms with Crippen molar-refractivity contribution in [2.24, 2.45) is 5.92 Å². The number of thioether (sulfide) groups is 1. The van der Waals surface area contributed by atoms with Crippen LogP contribution >= 0.6 is 11.8 Å². The van der Waals surface area contributed by atoms with Crippen molar-refractivity contribution in [3.63, 3.8) is 0 Å².